The van der Waals surface area contributed by atoms with Gasteiger partial charge in [-0.2, -0.15) is 0 Å². The molecule has 0 radical (unpaired) electrons. The number of nitrogens with one attached hydrogen (secondary N) is 3. The van der Waals surface area contributed by atoms with Crippen molar-refractivity contribution in [2.45, 2.75) is 25.3 Å². The summed E-state index contributed by atoms with van der Waals surface area (Å²) in [6.07, 6.45) is 6.06. The van der Waals surface area contributed by atoms with Crippen molar-refractivity contribution in [2.24, 2.45) is 0 Å². The van der Waals surface area contributed by atoms with Gasteiger partial charge in [-0.1, -0.05) is 0 Å². The number of rotatable bonds is 3. The smallest absolute Gasteiger partial charge is 0.224 e. The van der Waals surface area contributed by atoms with Crippen LogP contribution in [0.2, 0.25) is 0 Å². The van der Waals surface area contributed by atoms with E-state index in [1.807, 2.05) is 18.3 Å². The quantitative estimate of drug-likeness (QED) is 0.768. The first-order chi connectivity index (χ1) is 9.33. The third kappa shape index (κ3) is 2.76. The molecule has 5 heteroatoms. The van der Waals surface area contributed by atoms with Crippen LogP contribution in [0.4, 0.5) is 0 Å². The minimum atomic E-state index is 0.0941. The second kappa shape index (κ2) is 5.40. The predicted octanol–water partition coefficient (Wildman–Crippen LogP) is 0.974. The monoisotopic (exact) mass is 258 g/mol. The molecule has 0 aliphatic carbocycles. The fourth-order valence-corrected chi connectivity index (χ4v) is 2.58. The standard InChI is InChI=1S/C14H18N4O/c19-13(18-11-3-6-15-7-4-11)8-10-9-17-14-12(10)2-1-5-16-14/h1-2,5,9,11,15H,3-4,6-8H2,(H,16,17)(H,18,19). The van der Waals surface area contributed by atoms with Crippen LogP contribution in [-0.2, 0) is 11.2 Å². The van der Waals surface area contributed by atoms with E-state index < -0.39 is 0 Å². The Balaban J connectivity index is 1.65. The van der Waals surface area contributed by atoms with E-state index in [0.29, 0.717) is 12.5 Å². The van der Waals surface area contributed by atoms with E-state index in [9.17, 15) is 4.79 Å². The third-order valence-electron chi connectivity index (χ3n) is 3.59. The number of piperidine rings is 1. The topological polar surface area (TPSA) is 69.8 Å². The molecular formula is C14H18N4O. The second-order valence-electron chi connectivity index (χ2n) is 4.98. The first-order valence-corrected chi connectivity index (χ1v) is 6.74. The van der Waals surface area contributed by atoms with E-state index in [1.165, 1.54) is 0 Å². The van der Waals surface area contributed by atoms with Crippen molar-refractivity contribution in [3.63, 3.8) is 0 Å². The van der Waals surface area contributed by atoms with Crippen LogP contribution in [0, 0.1) is 0 Å². The molecule has 0 atom stereocenters. The number of amides is 1. The maximum Gasteiger partial charge on any atom is 0.224 e. The molecule has 1 aliphatic rings. The van der Waals surface area contributed by atoms with Gasteiger partial charge in [0, 0.05) is 23.8 Å². The Morgan fingerprint density at radius 3 is 3.11 bits per heavy atom. The van der Waals surface area contributed by atoms with Gasteiger partial charge >= 0.3 is 0 Å². The Morgan fingerprint density at radius 2 is 2.26 bits per heavy atom. The van der Waals surface area contributed by atoms with E-state index in [0.717, 1.165) is 42.5 Å². The maximum atomic E-state index is 12.1. The van der Waals surface area contributed by atoms with E-state index in [1.54, 1.807) is 6.20 Å². The Kier molecular flexibility index (Phi) is 3.46. The molecule has 1 fully saturated rings. The number of carbonyl (C=O) groups is 1. The Morgan fingerprint density at radius 1 is 1.42 bits per heavy atom. The summed E-state index contributed by atoms with van der Waals surface area (Å²) in [6, 6.07) is 4.20. The summed E-state index contributed by atoms with van der Waals surface area (Å²) in [5.41, 5.74) is 1.85. The summed E-state index contributed by atoms with van der Waals surface area (Å²) in [5.74, 6) is 0.0941. The van der Waals surface area contributed by atoms with Crippen LogP contribution >= 0.6 is 0 Å². The summed E-state index contributed by atoms with van der Waals surface area (Å²) in [7, 11) is 0. The Hall–Kier alpha value is -1.88. The molecule has 0 saturated carbocycles. The first kappa shape index (κ1) is 12.2. The first-order valence-electron chi connectivity index (χ1n) is 6.74. The van der Waals surface area contributed by atoms with Crippen molar-refractivity contribution < 1.29 is 4.79 Å². The highest BCUT2D eigenvalue weighted by Crippen LogP contribution is 2.16. The van der Waals surface area contributed by atoms with Crippen molar-refractivity contribution in [1.82, 2.24) is 20.6 Å². The molecule has 0 spiro atoms. The zero-order valence-electron chi connectivity index (χ0n) is 10.8. The fourth-order valence-electron chi connectivity index (χ4n) is 2.58. The number of hydrogen-bond donors (Lipinski definition) is 3. The van der Waals surface area contributed by atoms with Gasteiger partial charge in [0.15, 0.2) is 0 Å². The van der Waals surface area contributed by atoms with Crippen LogP contribution in [0.3, 0.4) is 0 Å². The largest absolute Gasteiger partial charge is 0.353 e. The van der Waals surface area contributed by atoms with Gasteiger partial charge in [-0.25, -0.2) is 4.98 Å². The van der Waals surface area contributed by atoms with Crippen molar-refractivity contribution in [2.75, 3.05) is 13.1 Å². The summed E-state index contributed by atoms with van der Waals surface area (Å²) in [5, 5.41) is 7.43. The number of H-pyrrole nitrogens is 1. The molecule has 0 aromatic carbocycles. The van der Waals surface area contributed by atoms with Gasteiger partial charge in [0.2, 0.25) is 5.91 Å². The van der Waals surface area contributed by atoms with E-state index >= 15 is 0 Å². The second-order valence-corrected chi connectivity index (χ2v) is 4.98. The van der Waals surface area contributed by atoms with Gasteiger partial charge in [-0.05, 0) is 43.6 Å². The molecule has 1 amide bonds. The lowest BCUT2D eigenvalue weighted by atomic mass is 10.1. The molecule has 3 heterocycles. The van der Waals surface area contributed by atoms with Gasteiger partial charge in [0.05, 0.1) is 6.42 Å². The molecule has 2 aromatic rings. The summed E-state index contributed by atoms with van der Waals surface area (Å²) >= 11 is 0. The summed E-state index contributed by atoms with van der Waals surface area (Å²) in [6.45, 7) is 1.98. The van der Waals surface area contributed by atoms with Crippen molar-refractivity contribution in [1.29, 1.82) is 0 Å². The Bertz CT molecular complexity index is 572. The normalized spacial score (nSPS) is 16.6. The number of aromatic amines is 1. The van der Waals surface area contributed by atoms with E-state index in [2.05, 4.69) is 20.6 Å². The molecule has 100 valence electrons. The van der Waals surface area contributed by atoms with Crippen molar-refractivity contribution >= 4 is 16.9 Å². The van der Waals surface area contributed by atoms with Gasteiger partial charge in [-0.3, -0.25) is 4.79 Å². The van der Waals surface area contributed by atoms with Crippen molar-refractivity contribution in [3.8, 4) is 0 Å². The minimum Gasteiger partial charge on any atom is -0.353 e. The lowest BCUT2D eigenvalue weighted by molar-refractivity contribution is -0.121. The predicted molar refractivity (Wildman–Crippen MR) is 73.8 cm³/mol. The molecule has 1 aliphatic heterocycles. The lowest BCUT2D eigenvalue weighted by Gasteiger charge is -2.23. The molecule has 19 heavy (non-hydrogen) atoms. The van der Waals surface area contributed by atoms with Crippen LogP contribution < -0.4 is 10.6 Å². The van der Waals surface area contributed by atoms with E-state index in [-0.39, 0.29) is 5.91 Å². The average Bonchev–Trinajstić information content (AvgIpc) is 2.83. The SMILES string of the molecule is O=C(Cc1c[nH]c2ncccc12)NC1CCNCC1. The maximum absolute atomic E-state index is 12.1. The highest BCUT2D eigenvalue weighted by molar-refractivity contribution is 5.87. The zero-order valence-corrected chi connectivity index (χ0v) is 10.8. The highest BCUT2D eigenvalue weighted by atomic mass is 16.1. The summed E-state index contributed by atoms with van der Waals surface area (Å²) < 4.78 is 0. The van der Waals surface area contributed by atoms with Crippen LogP contribution in [0.1, 0.15) is 18.4 Å². The molecule has 2 aromatic heterocycles. The Labute approximate surface area is 111 Å². The van der Waals surface area contributed by atoms with Gasteiger partial charge in [0.25, 0.3) is 0 Å². The van der Waals surface area contributed by atoms with Crippen LogP contribution in [0.5, 0.6) is 0 Å². The number of hydrogen-bond acceptors (Lipinski definition) is 3. The lowest BCUT2D eigenvalue weighted by Crippen LogP contribution is -2.43. The van der Waals surface area contributed by atoms with E-state index in [4.69, 9.17) is 0 Å². The van der Waals surface area contributed by atoms with Crippen LogP contribution in [-0.4, -0.2) is 35.0 Å². The van der Waals surface area contributed by atoms with Gasteiger partial charge in [-0.15, -0.1) is 0 Å². The molecule has 3 rings (SSSR count). The average molecular weight is 258 g/mol. The molecule has 1 saturated heterocycles. The zero-order chi connectivity index (χ0) is 13.1. The highest BCUT2D eigenvalue weighted by Gasteiger charge is 2.16. The van der Waals surface area contributed by atoms with Gasteiger partial charge in [0.1, 0.15) is 5.65 Å². The molecule has 0 unspecified atom stereocenters. The van der Waals surface area contributed by atoms with Crippen LogP contribution in [0.25, 0.3) is 11.0 Å². The minimum absolute atomic E-state index is 0.0941. The number of pyridine rings is 1. The van der Waals surface area contributed by atoms with Crippen molar-refractivity contribution in [3.05, 3.63) is 30.1 Å². The third-order valence-corrected chi connectivity index (χ3v) is 3.59. The number of aromatic nitrogens is 2. The summed E-state index contributed by atoms with van der Waals surface area (Å²) in [4.78, 5) is 19.4. The number of nitrogens with zero attached hydrogens (tertiary/aromatic N) is 1. The number of fused-ring (bicyclic) bond motifs is 1. The number of carbonyl (C=O) groups excluding carboxylic acids is 1. The van der Waals surface area contributed by atoms with Crippen LogP contribution in [0.15, 0.2) is 24.5 Å². The molecule has 5 nitrogen and oxygen atoms in total. The molecule has 3 N–H and O–H groups in total. The van der Waals surface area contributed by atoms with Gasteiger partial charge < -0.3 is 15.6 Å². The molecular weight excluding hydrogens is 240 g/mol. The fraction of sp³-hybridized carbons (Fsp3) is 0.429. The molecule has 0 bridgehead atoms.